The third kappa shape index (κ3) is 1.06. The lowest BCUT2D eigenvalue weighted by atomic mass is 9.59. The van der Waals surface area contributed by atoms with Crippen molar-refractivity contribution in [3.8, 4) is 0 Å². The van der Waals surface area contributed by atoms with Gasteiger partial charge >= 0.3 is 5.97 Å². The van der Waals surface area contributed by atoms with Gasteiger partial charge in [0.25, 0.3) is 0 Å². The molecule has 0 N–H and O–H groups in total. The Hall–Kier alpha value is -0.790. The number of methoxy groups -OCH3 is 1. The van der Waals surface area contributed by atoms with Crippen LogP contribution in [-0.4, -0.2) is 13.1 Å². The normalized spacial score (nSPS) is 27.5. The highest BCUT2D eigenvalue weighted by atomic mass is 16.5. The quantitative estimate of drug-likeness (QED) is 0.425. The second-order valence-corrected chi connectivity index (χ2v) is 3.61. The van der Waals surface area contributed by atoms with E-state index in [2.05, 4.69) is 11.3 Å². The Labute approximate surface area is 67.2 Å². The van der Waals surface area contributed by atoms with Gasteiger partial charge in [-0.05, 0) is 11.8 Å². The first-order valence-electron chi connectivity index (χ1n) is 3.76. The maximum atomic E-state index is 11.1. The molecule has 2 nitrogen and oxygen atoms in total. The number of rotatable bonds is 1. The number of carbonyl (C=O) groups excluding carboxylic acids is 1. The summed E-state index contributed by atoms with van der Waals surface area (Å²) in [6.07, 6.45) is 0.791. The van der Waals surface area contributed by atoms with Gasteiger partial charge in [-0.25, -0.2) is 0 Å². The van der Waals surface area contributed by atoms with Crippen molar-refractivity contribution < 1.29 is 9.53 Å². The highest BCUT2D eigenvalue weighted by Crippen LogP contribution is 2.50. The predicted molar refractivity (Wildman–Crippen MR) is 43.0 cm³/mol. The minimum absolute atomic E-state index is 0.0278. The van der Waals surface area contributed by atoms with Crippen molar-refractivity contribution >= 4 is 5.97 Å². The lowest BCUT2D eigenvalue weighted by molar-refractivity contribution is -0.151. The van der Waals surface area contributed by atoms with Crippen LogP contribution in [0.3, 0.4) is 0 Å². The molecule has 0 heterocycles. The molecule has 1 unspecified atom stereocenters. The maximum absolute atomic E-state index is 11.1. The molecular formula is C9H14O2. The van der Waals surface area contributed by atoms with Gasteiger partial charge in [0, 0.05) is 0 Å². The molecule has 0 aliphatic heterocycles. The van der Waals surface area contributed by atoms with Crippen molar-refractivity contribution in [2.24, 2.45) is 11.3 Å². The highest BCUT2D eigenvalue weighted by molar-refractivity contribution is 5.76. The van der Waals surface area contributed by atoms with Crippen LogP contribution in [0.5, 0.6) is 0 Å². The van der Waals surface area contributed by atoms with Gasteiger partial charge in [0.05, 0.1) is 13.0 Å². The second-order valence-electron chi connectivity index (χ2n) is 3.61. The summed E-state index contributed by atoms with van der Waals surface area (Å²) < 4.78 is 4.66. The van der Waals surface area contributed by atoms with E-state index in [1.54, 1.807) is 0 Å². The fourth-order valence-electron chi connectivity index (χ4n) is 1.40. The van der Waals surface area contributed by atoms with E-state index in [-0.39, 0.29) is 17.3 Å². The molecule has 62 valence electrons. The van der Waals surface area contributed by atoms with Crippen LogP contribution in [0.2, 0.25) is 0 Å². The SMILES string of the molecule is C=C1CC(C(=O)OC)C1(C)C. The largest absolute Gasteiger partial charge is 0.469 e. The average molecular weight is 154 g/mol. The first-order valence-corrected chi connectivity index (χ1v) is 3.76. The molecule has 0 aromatic carbocycles. The lowest BCUT2D eigenvalue weighted by Gasteiger charge is -2.44. The Morgan fingerprint density at radius 1 is 1.73 bits per heavy atom. The van der Waals surface area contributed by atoms with Gasteiger partial charge in [-0.3, -0.25) is 4.79 Å². The summed E-state index contributed by atoms with van der Waals surface area (Å²) in [5.41, 5.74) is 1.10. The van der Waals surface area contributed by atoms with Gasteiger partial charge in [0.2, 0.25) is 0 Å². The van der Waals surface area contributed by atoms with Gasteiger partial charge < -0.3 is 4.74 Å². The molecule has 1 aliphatic rings. The fraction of sp³-hybridized carbons (Fsp3) is 0.667. The summed E-state index contributed by atoms with van der Waals surface area (Å²) in [6, 6.07) is 0. The average Bonchev–Trinajstić information content (AvgIpc) is 1.98. The molecule has 0 amide bonds. The van der Waals surface area contributed by atoms with Gasteiger partial charge in [0.1, 0.15) is 0 Å². The monoisotopic (exact) mass is 154 g/mol. The van der Waals surface area contributed by atoms with Gasteiger partial charge in [0.15, 0.2) is 0 Å². The molecule has 0 saturated heterocycles. The van der Waals surface area contributed by atoms with Crippen molar-refractivity contribution in [3.63, 3.8) is 0 Å². The maximum Gasteiger partial charge on any atom is 0.309 e. The van der Waals surface area contributed by atoms with Crippen molar-refractivity contribution in [3.05, 3.63) is 12.2 Å². The molecule has 1 atom stereocenters. The molecular weight excluding hydrogens is 140 g/mol. The Bertz CT molecular complexity index is 204. The Balaban J connectivity index is 2.66. The predicted octanol–water partition coefficient (Wildman–Crippen LogP) is 1.76. The van der Waals surface area contributed by atoms with E-state index in [0.29, 0.717) is 0 Å². The lowest BCUT2D eigenvalue weighted by Crippen LogP contribution is -2.42. The molecule has 0 aromatic heterocycles. The summed E-state index contributed by atoms with van der Waals surface area (Å²) in [7, 11) is 1.43. The van der Waals surface area contributed by atoms with E-state index in [1.807, 2.05) is 13.8 Å². The highest BCUT2D eigenvalue weighted by Gasteiger charge is 2.47. The van der Waals surface area contributed by atoms with E-state index in [1.165, 1.54) is 7.11 Å². The number of hydrogen-bond donors (Lipinski definition) is 0. The van der Waals surface area contributed by atoms with E-state index in [9.17, 15) is 4.79 Å². The second kappa shape index (κ2) is 2.36. The summed E-state index contributed by atoms with van der Waals surface area (Å²) >= 11 is 0. The molecule has 1 fully saturated rings. The summed E-state index contributed by atoms with van der Waals surface area (Å²) in [5.74, 6) is -0.0811. The molecule has 2 heteroatoms. The number of allylic oxidation sites excluding steroid dienone is 1. The van der Waals surface area contributed by atoms with Gasteiger partial charge in [-0.2, -0.15) is 0 Å². The van der Waals surface area contributed by atoms with Crippen LogP contribution in [0, 0.1) is 11.3 Å². The molecule has 0 bridgehead atoms. The van der Waals surface area contributed by atoms with Crippen LogP contribution in [0.25, 0.3) is 0 Å². The van der Waals surface area contributed by atoms with E-state index >= 15 is 0 Å². The van der Waals surface area contributed by atoms with Crippen molar-refractivity contribution in [1.29, 1.82) is 0 Å². The van der Waals surface area contributed by atoms with Crippen LogP contribution in [0.1, 0.15) is 20.3 Å². The Morgan fingerprint density at radius 3 is 2.55 bits per heavy atom. The Kier molecular flexibility index (Phi) is 1.78. The van der Waals surface area contributed by atoms with Crippen LogP contribution in [-0.2, 0) is 9.53 Å². The molecule has 11 heavy (non-hydrogen) atoms. The molecule has 1 saturated carbocycles. The number of ether oxygens (including phenoxy) is 1. The minimum atomic E-state index is -0.109. The van der Waals surface area contributed by atoms with Crippen LogP contribution in [0.15, 0.2) is 12.2 Å². The zero-order chi connectivity index (χ0) is 8.65. The van der Waals surface area contributed by atoms with Crippen LogP contribution in [0.4, 0.5) is 0 Å². The molecule has 0 radical (unpaired) electrons. The van der Waals surface area contributed by atoms with Crippen molar-refractivity contribution in [1.82, 2.24) is 0 Å². The van der Waals surface area contributed by atoms with Gasteiger partial charge in [-0.15, -0.1) is 0 Å². The van der Waals surface area contributed by atoms with E-state index in [0.717, 1.165) is 12.0 Å². The molecule has 0 aromatic rings. The topological polar surface area (TPSA) is 26.3 Å². The third-order valence-electron chi connectivity index (χ3n) is 2.72. The van der Waals surface area contributed by atoms with Gasteiger partial charge in [-0.1, -0.05) is 26.0 Å². The van der Waals surface area contributed by atoms with E-state index < -0.39 is 0 Å². The zero-order valence-electron chi connectivity index (χ0n) is 7.31. The number of esters is 1. The summed E-state index contributed by atoms with van der Waals surface area (Å²) in [5, 5.41) is 0. The Morgan fingerprint density at radius 2 is 2.27 bits per heavy atom. The fourth-order valence-corrected chi connectivity index (χ4v) is 1.40. The minimum Gasteiger partial charge on any atom is -0.469 e. The first kappa shape index (κ1) is 8.31. The molecule has 0 spiro atoms. The van der Waals surface area contributed by atoms with E-state index in [4.69, 9.17) is 0 Å². The number of hydrogen-bond acceptors (Lipinski definition) is 2. The summed E-state index contributed by atoms with van der Waals surface area (Å²) in [6.45, 7) is 7.93. The summed E-state index contributed by atoms with van der Waals surface area (Å²) in [4.78, 5) is 11.1. The van der Waals surface area contributed by atoms with Crippen LogP contribution < -0.4 is 0 Å². The third-order valence-corrected chi connectivity index (χ3v) is 2.72. The first-order chi connectivity index (χ1) is 5.00. The standard InChI is InChI=1S/C9H14O2/c1-6-5-7(8(10)11-4)9(6,2)3/h7H,1,5H2,2-4H3. The van der Waals surface area contributed by atoms with Crippen molar-refractivity contribution in [2.45, 2.75) is 20.3 Å². The molecule has 1 aliphatic carbocycles. The van der Waals surface area contributed by atoms with Crippen LogP contribution >= 0.6 is 0 Å². The zero-order valence-corrected chi connectivity index (χ0v) is 7.31. The number of carbonyl (C=O) groups is 1. The smallest absolute Gasteiger partial charge is 0.309 e. The molecule has 1 rings (SSSR count). The van der Waals surface area contributed by atoms with Crippen molar-refractivity contribution in [2.75, 3.05) is 7.11 Å².